The van der Waals surface area contributed by atoms with E-state index in [0.29, 0.717) is 16.8 Å². The highest BCUT2D eigenvalue weighted by Crippen LogP contribution is 2.20. The van der Waals surface area contributed by atoms with Crippen molar-refractivity contribution in [3.63, 3.8) is 0 Å². The molecule has 3 rings (SSSR count). The highest BCUT2D eigenvalue weighted by atomic mass is 16.2. The predicted molar refractivity (Wildman–Crippen MR) is 95.3 cm³/mol. The average Bonchev–Trinajstić information content (AvgIpc) is 3.09. The number of H-pyrrole nitrogens is 1. The molecule has 0 saturated carbocycles. The van der Waals surface area contributed by atoms with Crippen LogP contribution in [0.25, 0.3) is 10.9 Å². The van der Waals surface area contributed by atoms with Gasteiger partial charge in [0.25, 0.3) is 5.91 Å². The van der Waals surface area contributed by atoms with Gasteiger partial charge in [-0.05, 0) is 18.6 Å². The number of carbonyl (C=O) groups is 2. The van der Waals surface area contributed by atoms with Crippen LogP contribution in [-0.4, -0.2) is 33.5 Å². The number of rotatable bonds is 6. The molecule has 7 nitrogen and oxygen atoms in total. The van der Waals surface area contributed by atoms with Crippen LogP contribution < -0.4 is 10.6 Å². The summed E-state index contributed by atoms with van der Waals surface area (Å²) in [4.78, 5) is 28.7. The lowest BCUT2D eigenvalue weighted by atomic mass is 10.1. The SMILES string of the molecule is CCCc1[nH]ncc1C(=O)NCC(=O)Nc1cccc2cccnc12. The molecule has 0 saturated heterocycles. The molecule has 1 aromatic carbocycles. The topological polar surface area (TPSA) is 99.8 Å². The molecule has 0 aliphatic rings. The van der Waals surface area contributed by atoms with Crippen molar-refractivity contribution in [3.8, 4) is 0 Å². The number of anilines is 1. The number of aryl methyl sites for hydroxylation is 1. The normalized spacial score (nSPS) is 10.6. The lowest BCUT2D eigenvalue weighted by Gasteiger charge is -2.09. The second kappa shape index (κ2) is 7.57. The first-order chi connectivity index (χ1) is 12.2. The van der Waals surface area contributed by atoms with Crippen LogP contribution >= 0.6 is 0 Å². The Morgan fingerprint density at radius 3 is 2.88 bits per heavy atom. The minimum absolute atomic E-state index is 0.126. The summed E-state index contributed by atoms with van der Waals surface area (Å²) in [6, 6.07) is 9.32. The standard InChI is InChI=1S/C18H19N5O2/c1-2-5-14-13(10-21-23-14)18(25)20-11-16(24)22-15-8-3-6-12-7-4-9-19-17(12)15/h3-4,6-10H,2,5,11H2,1H3,(H,20,25)(H,21,23)(H,22,24). The van der Waals surface area contributed by atoms with Gasteiger partial charge in [-0.2, -0.15) is 5.10 Å². The number of benzene rings is 1. The maximum Gasteiger partial charge on any atom is 0.255 e. The van der Waals surface area contributed by atoms with Crippen molar-refractivity contribution in [2.24, 2.45) is 0 Å². The van der Waals surface area contributed by atoms with Crippen molar-refractivity contribution in [3.05, 3.63) is 54.0 Å². The molecule has 0 bridgehead atoms. The second-order valence-corrected chi connectivity index (χ2v) is 5.62. The number of hydrogen-bond donors (Lipinski definition) is 3. The van der Waals surface area contributed by atoms with Gasteiger partial charge in [-0.3, -0.25) is 19.7 Å². The van der Waals surface area contributed by atoms with Gasteiger partial charge >= 0.3 is 0 Å². The number of nitrogens with one attached hydrogen (secondary N) is 3. The van der Waals surface area contributed by atoms with Crippen molar-refractivity contribution >= 4 is 28.4 Å². The summed E-state index contributed by atoms with van der Waals surface area (Å²) in [5.74, 6) is -0.629. The lowest BCUT2D eigenvalue weighted by molar-refractivity contribution is -0.115. The second-order valence-electron chi connectivity index (χ2n) is 5.62. The van der Waals surface area contributed by atoms with Gasteiger partial charge in [-0.15, -0.1) is 0 Å². The first-order valence-corrected chi connectivity index (χ1v) is 8.13. The minimum atomic E-state index is -0.316. The van der Waals surface area contributed by atoms with E-state index in [1.165, 1.54) is 6.20 Å². The zero-order valence-corrected chi connectivity index (χ0v) is 13.9. The third kappa shape index (κ3) is 3.82. The summed E-state index contributed by atoms with van der Waals surface area (Å²) in [5, 5.41) is 13.1. The van der Waals surface area contributed by atoms with Crippen LogP contribution in [0.2, 0.25) is 0 Å². The number of hydrogen-bond acceptors (Lipinski definition) is 4. The Bertz CT molecular complexity index is 898. The number of amides is 2. The highest BCUT2D eigenvalue weighted by Gasteiger charge is 2.14. The van der Waals surface area contributed by atoms with Gasteiger partial charge < -0.3 is 10.6 Å². The van der Waals surface area contributed by atoms with E-state index in [1.807, 2.05) is 31.2 Å². The molecular formula is C18H19N5O2. The molecule has 0 atom stereocenters. The molecule has 25 heavy (non-hydrogen) atoms. The number of nitrogens with zero attached hydrogens (tertiary/aromatic N) is 2. The van der Waals surface area contributed by atoms with E-state index in [-0.39, 0.29) is 18.4 Å². The van der Waals surface area contributed by atoms with E-state index in [2.05, 4.69) is 25.8 Å². The maximum atomic E-state index is 12.2. The highest BCUT2D eigenvalue weighted by molar-refractivity contribution is 6.03. The van der Waals surface area contributed by atoms with Gasteiger partial charge in [0.1, 0.15) is 0 Å². The van der Waals surface area contributed by atoms with Crippen molar-refractivity contribution in [2.75, 3.05) is 11.9 Å². The fourth-order valence-electron chi connectivity index (χ4n) is 2.60. The molecule has 0 aliphatic heterocycles. The van der Waals surface area contributed by atoms with E-state index in [4.69, 9.17) is 0 Å². The maximum absolute atomic E-state index is 12.2. The lowest BCUT2D eigenvalue weighted by Crippen LogP contribution is -2.33. The Morgan fingerprint density at radius 1 is 1.20 bits per heavy atom. The van der Waals surface area contributed by atoms with Crippen LogP contribution in [0.5, 0.6) is 0 Å². The number of aromatic amines is 1. The number of fused-ring (bicyclic) bond motifs is 1. The van der Waals surface area contributed by atoms with E-state index in [9.17, 15) is 9.59 Å². The van der Waals surface area contributed by atoms with Gasteiger partial charge in [-0.1, -0.05) is 31.5 Å². The molecule has 128 valence electrons. The van der Waals surface area contributed by atoms with Crippen LogP contribution in [0.15, 0.2) is 42.7 Å². The quantitative estimate of drug-likeness (QED) is 0.642. The number of aromatic nitrogens is 3. The van der Waals surface area contributed by atoms with Crippen molar-refractivity contribution in [2.45, 2.75) is 19.8 Å². The van der Waals surface area contributed by atoms with E-state index in [0.717, 1.165) is 23.9 Å². The summed E-state index contributed by atoms with van der Waals surface area (Å²) in [6.45, 7) is 1.90. The molecule has 3 N–H and O–H groups in total. The molecule has 3 aromatic rings. The molecule has 0 radical (unpaired) electrons. The van der Waals surface area contributed by atoms with E-state index in [1.54, 1.807) is 12.3 Å². The molecule has 2 amide bonds. The first kappa shape index (κ1) is 16.6. The fraction of sp³-hybridized carbons (Fsp3) is 0.222. The third-order valence-corrected chi connectivity index (χ3v) is 3.78. The summed E-state index contributed by atoms with van der Waals surface area (Å²) in [7, 11) is 0. The van der Waals surface area contributed by atoms with E-state index < -0.39 is 0 Å². The van der Waals surface area contributed by atoms with Crippen LogP contribution in [0.4, 0.5) is 5.69 Å². The summed E-state index contributed by atoms with van der Waals surface area (Å²) in [5.41, 5.74) is 2.58. The summed E-state index contributed by atoms with van der Waals surface area (Å²) < 4.78 is 0. The molecule has 0 aliphatic carbocycles. The molecule has 0 unspecified atom stereocenters. The largest absolute Gasteiger partial charge is 0.343 e. The Kier molecular flexibility index (Phi) is 5.03. The first-order valence-electron chi connectivity index (χ1n) is 8.13. The number of pyridine rings is 1. The Hall–Kier alpha value is -3.22. The number of carbonyl (C=O) groups excluding carboxylic acids is 2. The molecule has 0 fully saturated rings. The molecule has 2 aromatic heterocycles. The minimum Gasteiger partial charge on any atom is -0.343 e. The van der Waals surface area contributed by atoms with Gasteiger partial charge in [0.2, 0.25) is 5.91 Å². The Labute approximate surface area is 144 Å². The van der Waals surface area contributed by atoms with Gasteiger partial charge in [0.15, 0.2) is 0 Å². The molecular weight excluding hydrogens is 318 g/mol. The predicted octanol–water partition coefficient (Wildman–Crippen LogP) is 2.28. The zero-order valence-electron chi connectivity index (χ0n) is 13.9. The Morgan fingerprint density at radius 2 is 2.04 bits per heavy atom. The van der Waals surface area contributed by atoms with Crippen molar-refractivity contribution in [1.82, 2.24) is 20.5 Å². The summed E-state index contributed by atoms with van der Waals surface area (Å²) >= 11 is 0. The summed E-state index contributed by atoms with van der Waals surface area (Å²) in [6.07, 6.45) is 4.79. The van der Waals surface area contributed by atoms with Gasteiger partial charge in [0.05, 0.1) is 29.5 Å². The molecule has 0 spiro atoms. The van der Waals surface area contributed by atoms with E-state index >= 15 is 0 Å². The molecule has 7 heteroatoms. The van der Waals surface area contributed by atoms with Crippen molar-refractivity contribution < 1.29 is 9.59 Å². The van der Waals surface area contributed by atoms with Crippen LogP contribution in [-0.2, 0) is 11.2 Å². The van der Waals surface area contributed by atoms with Crippen molar-refractivity contribution in [1.29, 1.82) is 0 Å². The third-order valence-electron chi connectivity index (χ3n) is 3.78. The van der Waals surface area contributed by atoms with Crippen LogP contribution in [0.3, 0.4) is 0 Å². The smallest absolute Gasteiger partial charge is 0.255 e. The van der Waals surface area contributed by atoms with Gasteiger partial charge in [0, 0.05) is 17.3 Å². The molecule has 2 heterocycles. The van der Waals surface area contributed by atoms with Gasteiger partial charge in [-0.25, -0.2) is 0 Å². The number of para-hydroxylation sites is 1. The fourth-order valence-corrected chi connectivity index (χ4v) is 2.60. The van der Waals surface area contributed by atoms with Crippen LogP contribution in [0, 0.1) is 0 Å². The zero-order chi connectivity index (χ0) is 17.6. The average molecular weight is 337 g/mol. The monoisotopic (exact) mass is 337 g/mol. The Balaban J connectivity index is 1.63. The van der Waals surface area contributed by atoms with Crippen LogP contribution in [0.1, 0.15) is 29.4 Å².